The number of carbonyl (C=O) groups is 4. The van der Waals surface area contributed by atoms with Gasteiger partial charge in [-0.05, 0) is 84.2 Å². The summed E-state index contributed by atoms with van der Waals surface area (Å²) in [4.78, 5) is 53.2. The topological polar surface area (TPSA) is 162 Å². The van der Waals surface area contributed by atoms with Crippen molar-refractivity contribution >= 4 is 23.9 Å². The van der Waals surface area contributed by atoms with Crippen molar-refractivity contribution in [2.24, 2.45) is 5.92 Å². The van der Waals surface area contributed by atoms with Gasteiger partial charge in [0.1, 0.15) is 17.4 Å². The number of piperidine rings is 1. The number of hydrogen-bond donors (Lipinski definition) is 3. The van der Waals surface area contributed by atoms with E-state index in [1.54, 1.807) is 34.0 Å². The largest absolute Gasteiger partial charge is 0.493 e. The quantitative estimate of drug-likeness (QED) is 0.234. The molecule has 6 unspecified atom stereocenters. The molecule has 1 spiro atoms. The highest BCUT2D eigenvalue weighted by atomic mass is 16.6. The normalized spacial score (nSPS) is 26.7. The Balaban J connectivity index is 1.20. The maximum Gasteiger partial charge on any atom is 0.408 e. The lowest BCUT2D eigenvalue weighted by atomic mass is 9.50. The van der Waals surface area contributed by atoms with E-state index in [1.807, 2.05) is 33.0 Å². The third-order valence-corrected chi connectivity index (χ3v) is 9.76. The molecule has 0 aromatic heterocycles. The van der Waals surface area contributed by atoms with Crippen molar-refractivity contribution in [1.82, 2.24) is 15.5 Å². The lowest BCUT2D eigenvalue weighted by Gasteiger charge is -2.61. The average molecular weight is 672 g/mol. The number of amides is 2. The van der Waals surface area contributed by atoms with Crippen LogP contribution in [0, 0.1) is 5.92 Å². The zero-order chi connectivity index (χ0) is 35.2. The molecule has 2 bridgehead atoms. The number of carbonyl (C=O) groups excluding carboxylic acids is 4. The Bertz CT molecular complexity index is 1490. The number of aliphatic hydroxyl groups is 1. The van der Waals surface area contributed by atoms with Crippen molar-refractivity contribution in [3.8, 4) is 11.5 Å². The van der Waals surface area contributed by atoms with Gasteiger partial charge in [-0.15, -0.1) is 0 Å². The van der Waals surface area contributed by atoms with Crippen molar-refractivity contribution in [1.29, 1.82) is 0 Å². The fraction of sp³-hybridized carbons (Fsp3) is 0.657. The average Bonchev–Trinajstić information content (AvgIpc) is 3.34. The molecule has 2 aliphatic heterocycles. The molecule has 1 aromatic carbocycles. The summed E-state index contributed by atoms with van der Waals surface area (Å²) in [5.41, 5.74) is -0.717. The number of esters is 2. The van der Waals surface area contributed by atoms with Crippen LogP contribution in [0.15, 0.2) is 24.0 Å². The van der Waals surface area contributed by atoms with Gasteiger partial charge in [-0.2, -0.15) is 0 Å². The summed E-state index contributed by atoms with van der Waals surface area (Å²) in [7, 11) is 3.58. The molecule has 0 saturated carbocycles. The molecule has 13 nitrogen and oxygen atoms in total. The molecule has 2 heterocycles. The van der Waals surface area contributed by atoms with Gasteiger partial charge in [0.2, 0.25) is 5.91 Å². The minimum atomic E-state index is -1.25. The van der Waals surface area contributed by atoms with Crippen molar-refractivity contribution in [2.75, 3.05) is 27.2 Å². The smallest absolute Gasteiger partial charge is 0.408 e. The number of nitrogens with one attached hydrogen (secondary N) is 2. The van der Waals surface area contributed by atoms with Gasteiger partial charge in [0.25, 0.3) is 0 Å². The second kappa shape index (κ2) is 13.2. The van der Waals surface area contributed by atoms with Gasteiger partial charge >= 0.3 is 18.0 Å². The van der Waals surface area contributed by atoms with E-state index in [2.05, 4.69) is 15.5 Å². The number of benzene rings is 1. The Morgan fingerprint density at radius 2 is 1.90 bits per heavy atom. The van der Waals surface area contributed by atoms with Gasteiger partial charge in [-0.25, -0.2) is 9.59 Å². The molecule has 1 fully saturated rings. The number of methoxy groups -OCH3 is 1. The first kappa shape index (κ1) is 35.5. The number of hydrogen-bond acceptors (Lipinski definition) is 11. The van der Waals surface area contributed by atoms with Gasteiger partial charge < -0.3 is 44.3 Å². The van der Waals surface area contributed by atoms with Crippen molar-refractivity contribution in [3.05, 3.63) is 35.1 Å². The van der Waals surface area contributed by atoms with E-state index < -0.39 is 58.8 Å². The Kier molecular flexibility index (Phi) is 9.77. The SMILES string of the molecule is COc1ccc2c3c1OC1C(OC(=O)C(C)OC(=O)CCNC(=O)C(CC(C)C)NC(=O)OC(C)(C)C)=CCC4(O)C(C2)N(C)CCC314. The summed E-state index contributed by atoms with van der Waals surface area (Å²) in [6, 6.07) is 2.89. The number of nitrogens with zero attached hydrogens (tertiary/aromatic N) is 1. The molecule has 3 N–H and O–H groups in total. The van der Waals surface area contributed by atoms with Crippen LogP contribution in [0.2, 0.25) is 0 Å². The Morgan fingerprint density at radius 3 is 2.56 bits per heavy atom. The standard InChI is InChI=1S/C35H49N3O10/c1-19(2)17-22(37-32(42)48-33(4,5)6)30(40)36-15-12-26(39)45-20(3)31(41)46-24-11-13-35(43)25-18-21-9-10-23(44-8)28-27(21)34(35,29(24)47-28)14-16-38(25)7/h9-11,19-20,22,25,29,43H,12-18H2,1-8H3,(H,36,40)(H,37,42). The third-order valence-electron chi connectivity index (χ3n) is 9.76. The van der Waals surface area contributed by atoms with Crippen molar-refractivity contribution < 1.29 is 48.0 Å². The van der Waals surface area contributed by atoms with Crippen molar-refractivity contribution in [2.45, 2.75) is 115 Å². The maximum absolute atomic E-state index is 13.3. The van der Waals surface area contributed by atoms with Crippen LogP contribution in [0.3, 0.4) is 0 Å². The summed E-state index contributed by atoms with van der Waals surface area (Å²) in [6.07, 6.45) is 0.646. The highest BCUT2D eigenvalue weighted by Crippen LogP contribution is 2.65. The molecule has 2 amide bonds. The fourth-order valence-corrected chi connectivity index (χ4v) is 7.65. The molecule has 264 valence electrons. The minimum absolute atomic E-state index is 0.0652. The summed E-state index contributed by atoms with van der Waals surface area (Å²) in [5.74, 6) is -0.483. The minimum Gasteiger partial charge on any atom is -0.493 e. The number of likely N-dealkylation sites (N-methyl/N-ethyl adjacent to an activating group) is 1. The number of rotatable bonds is 11. The van der Waals surface area contributed by atoms with Crippen LogP contribution < -0.4 is 20.1 Å². The molecule has 13 heteroatoms. The van der Waals surface area contributed by atoms with E-state index in [-0.39, 0.29) is 37.1 Å². The highest BCUT2D eigenvalue weighted by molar-refractivity contribution is 5.86. The lowest BCUT2D eigenvalue weighted by molar-refractivity contribution is -0.175. The summed E-state index contributed by atoms with van der Waals surface area (Å²) < 4.78 is 28.6. The van der Waals surface area contributed by atoms with E-state index in [0.717, 1.165) is 17.7 Å². The van der Waals surface area contributed by atoms with Crippen LogP contribution in [0.5, 0.6) is 11.5 Å². The van der Waals surface area contributed by atoms with Crippen molar-refractivity contribution in [3.63, 3.8) is 0 Å². The molecule has 1 saturated heterocycles. The van der Waals surface area contributed by atoms with Gasteiger partial charge in [0.05, 0.1) is 24.5 Å². The Labute approximate surface area is 281 Å². The molecule has 0 radical (unpaired) electrons. The number of ether oxygens (including phenoxy) is 5. The van der Waals surface area contributed by atoms with Crippen LogP contribution in [-0.4, -0.2) is 96.7 Å². The van der Waals surface area contributed by atoms with Gasteiger partial charge in [-0.3, -0.25) is 9.59 Å². The number of likely N-dealkylation sites (tertiary alicyclic amines) is 1. The van der Waals surface area contributed by atoms with E-state index in [9.17, 15) is 24.3 Å². The van der Waals surface area contributed by atoms with Crippen LogP contribution in [0.25, 0.3) is 0 Å². The van der Waals surface area contributed by atoms with Crippen LogP contribution >= 0.6 is 0 Å². The molecular formula is C35H49N3O10. The molecular weight excluding hydrogens is 622 g/mol. The van der Waals surface area contributed by atoms with Gasteiger partial charge in [0, 0.05) is 24.6 Å². The summed E-state index contributed by atoms with van der Waals surface area (Å²) >= 11 is 0. The van der Waals surface area contributed by atoms with E-state index in [1.165, 1.54) is 6.92 Å². The first-order chi connectivity index (χ1) is 22.5. The van der Waals surface area contributed by atoms with Crippen LogP contribution in [0.4, 0.5) is 4.79 Å². The Morgan fingerprint density at radius 1 is 1.17 bits per heavy atom. The summed E-state index contributed by atoms with van der Waals surface area (Å²) in [5, 5.41) is 17.6. The molecule has 48 heavy (non-hydrogen) atoms. The maximum atomic E-state index is 13.3. The zero-order valence-corrected chi connectivity index (χ0v) is 29.1. The Hall–Kier alpha value is -3.84. The first-order valence-corrected chi connectivity index (χ1v) is 16.7. The first-order valence-electron chi connectivity index (χ1n) is 16.7. The predicted octanol–water partition coefficient (Wildman–Crippen LogP) is 2.89. The molecule has 5 rings (SSSR count). The van der Waals surface area contributed by atoms with E-state index in [0.29, 0.717) is 30.8 Å². The second-order valence-corrected chi connectivity index (χ2v) is 14.7. The molecule has 6 atom stereocenters. The zero-order valence-electron chi connectivity index (χ0n) is 29.1. The number of alkyl carbamates (subject to hydrolysis) is 1. The summed E-state index contributed by atoms with van der Waals surface area (Å²) in [6.45, 7) is 11.1. The lowest BCUT2D eigenvalue weighted by Crippen LogP contribution is -2.74. The van der Waals surface area contributed by atoms with Gasteiger partial charge in [0.15, 0.2) is 23.7 Å². The fourth-order valence-electron chi connectivity index (χ4n) is 7.65. The highest BCUT2D eigenvalue weighted by Gasteiger charge is 2.72. The molecule has 2 aliphatic carbocycles. The van der Waals surface area contributed by atoms with Crippen LogP contribution in [0.1, 0.15) is 78.4 Å². The predicted molar refractivity (Wildman–Crippen MR) is 173 cm³/mol. The van der Waals surface area contributed by atoms with E-state index >= 15 is 0 Å². The second-order valence-electron chi connectivity index (χ2n) is 14.7. The molecule has 1 aromatic rings. The van der Waals surface area contributed by atoms with Gasteiger partial charge in [-0.1, -0.05) is 19.9 Å². The monoisotopic (exact) mass is 671 g/mol. The third kappa shape index (κ3) is 6.46. The van der Waals surface area contributed by atoms with E-state index in [4.69, 9.17) is 23.7 Å². The van der Waals surface area contributed by atoms with Crippen LogP contribution in [-0.2, 0) is 40.4 Å². The molecule has 4 aliphatic rings.